The summed E-state index contributed by atoms with van der Waals surface area (Å²) in [5.74, 6) is -0.203. The van der Waals surface area contributed by atoms with E-state index in [4.69, 9.17) is 5.73 Å². The maximum absolute atomic E-state index is 11.4. The Kier molecular flexibility index (Phi) is 5.45. The summed E-state index contributed by atoms with van der Waals surface area (Å²) in [5.41, 5.74) is 7.99. The Labute approximate surface area is 122 Å². The molecule has 3 heteroatoms. The average molecular weight is 274 g/mol. The number of unbranched alkanes of at least 4 members (excludes halogenated alkanes) is 3. The van der Waals surface area contributed by atoms with Gasteiger partial charge in [0.2, 0.25) is 5.91 Å². The third-order valence-electron chi connectivity index (χ3n) is 4.17. The molecule has 0 saturated carbocycles. The zero-order chi connectivity index (χ0) is 14.4. The number of nitrogens with zero attached hydrogens (tertiary/aromatic N) is 1. The van der Waals surface area contributed by atoms with E-state index in [2.05, 4.69) is 36.1 Å². The molecule has 2 N–H and O–H groups in total. The fourth-order valence-electron chi connectivity index (χ4n) is 2.98. The molecule has 0 spiro atoms. The fraction of sp³-hybridized carbons (Fsp3) is 0.588. The van der Waals surface area contributed by atoms with E-state index in [9.17, 15) is 4.79 Å². The van der Waals surface area contributed by atoms with Gasteiger partial charge < -0.3 is 10.6 Å². The molecule has 1 amide bonds. The summed E-state index contributed by atoms with van der Waals surface area (Å²) < 4.78 is 0. The lowest BCUT2D eigenvalue weighted by Crippen LogP contribution is -2.40. The van der Waals surface area contributed by atoms with Crippen LogP contribution in [-0.2, 0) is 11.2 Å². The fourth-order valence-corrected chi connectivity index (χ4v) is 2.98. The van der Waals surface area contributed by atoms with Gasteiger partial charge in [-0.25, -0.2) is 0 Å². The summed E-state index contributed by atoms with van der Waals surface area (Å²) in [4.78, 5) is 13.6. The monoisotopic (exact) mass is 274 g/mol. The SMILES string of the molecule is CCCCCCc1ccc(N2CCC[C@H]2C(N)=O)cc1. The van der Waals surface area contributed by atoms with Crippen LogP contribution in [0, 0.1) is 0 Å². The zero-order valence-corrected chi connectivity index (χ0v) is 12.5. The number of carbonyl (C=O) groups is 1. The van der Waals surface area contributed by atoms with Crippen molar-refractivity contribution in [3.8, 4) is 0 Å². The first-order valence-corrected chi connectivity index (χ1v) is 7.87. The van der Waals surface area contributed by atoms with E-state index in [1.54, 1.807) is 0 Å². The quantitative estimate of drug-likeness (QED) is 0.776. The molecule has 0 aliphatic carbocycles. The molecule has 1 aromatic rings. The number of hydrogen-bond acceptors (Lipinski definition) is 2. The molecular weight excluding hydrogens is 248 g/mol. The first-order chi connectivity index (χ1) is 9.72. The van der Waals surface area contributed by atoms with Gasteiger partial charge in [0, 0.05) is 12.2 Å². The van der Waals surface area contributed by atoms with Crippen molar-refractivity contribution < 1.29 is 4.79 Å². The minimum Gasteiger partial charge on any atom is -0.368 e. The second kappa shape index (κ2) is 7.32. The maximum Gasteiger partial charge on any atom is 0.240 e. The van der Waals surface area contributed by atoms with Gasteiger partial charge in [0.05, 0.1) is 0 Å². The second-order valence-corrected chi connectivity index (χ2v) is 5.73. The largest absolute Gasteiger partial charge is 0.368 e. The van der Waals surface area contributed by atoms with Crippen molar-refractivity contribution in [1.29, 1.82) is 0 Å². The van der Waals surface area contributed by atoms with Crippen molar-refractivity contribution in [3.63, 3.8) is 0 Å². The smallest absolute Gasteiger partial charge is 0.240 e. The molecule has 3 nitrogen and oxygen atoms in total. The van der Waals surface area contributed by atoms with Gasteiger partial charge >= 0.3 is 0 Å². The Morgan fingerprint density at radius 1 is 1.25 bits per heavy atom. The Bertz CT molecular complexity index is 427. The van der Waals surface area contributed by atoms with Crippen LogP contribution in [0.1, 0.15) is 51.0 Å². The number of nitrogens with two attached hydrogens (primary N) is 1. The minimum atomic E-state index is -0.203. The summed E-state index contributed by atoms with van der Waals surface area (Å²) in [6, 6.07) is 8.53. The Morgan fingerprint density at radius 2 is 2.00 bits per heavy atom. The highest BCUT2D eigenvalue weighted by Gasteiger charge is 2.28. The van der Waals surface area contributed by atoms with E-state index in [0.717, 1.165) is 31.5 Å². The molecule has 1 aliphatic rings. The molecule has 0 aromatic heterocycles. The van der Waals surface area contributed by atoms with Crippen molar-refractivity contribution in [2.45, 2.75) is 57.9 Å². The molecular formula is C17H26N2O. The van der Waals surface area contributed by atoms with Gasteiger partial charge in [0.25, 0.3) is 0 Å². The van der Waals surface area contributed by atoms with Crippen LogP contribution in [0.4, 0.5) is 5.69 Å². The molecule has 1 atom stereocenters. The van der Waals surface area contributed by atoms with Gasteiger partial charge in [-0.1, -0.05) is 38.3 Å². The maximum atomic E-state index is 11.4. The number of amides is 1. The molecule has 0 unspecified atom stereocenters. The van der Waals surface area contributed by atoms with Crippen LogP contribution >= 0.6 is 0 Å². The van der Waals surface area contributed by atoms with Crippen molar-refractivity contribution in [2.24, 2.45) is 5.73 Å². The van der Waals surface area contributed by atoms with Crippen LogP contribution in [0.25, 0.3) is 0 Å². The van der Waals surface area contributed by atoms with Gasteiger partial charge in [-0.15, -0.1) is 0 Å². The van der Waals surface area contributed by atoms with Crippen LogP contribution in [0.2, 0.25) is 0 Å². The molecule has 1 aliphatic heterocycles. The van der Waals surface area contributed by atoms with Gasteiger partial charge in [0.15, 0.2) is 0 Å². The van der Waals surface area contributed by atoms with Crippen molar-refractivity contribution in [3.05, 3.63) is 29.8 Å². The Morgan fingerprint density at radius 3 is 2.65 bits per heavy atom. The average Bonchev–Trinajstić information content (AvgIpc) is 2.94. The third-order valence-corrected chi connectivity index (χ3v) is 4.17. The summed E-state index contributed by atoms with van der Waals surface area (Å²) in [6.45, 7) is 3.17. The summed E-state index contributed by atoms with van der Waals surface area (Å²) in [6.07, 6.45) is 8.27. The predicted octanol–water partition coefficient (Wildman–Crippen LogP) is 3.26. The molecule has 2 rings (SSSR count). The topological polar surface area (TPSA) is 46.3 Å². The highest BCUT2D eigenvalue weighted by atomic mass is 16.1. The van der Waals surface area contributed by atoms with Crippen LogP contribution in [0.5, 0.6) is 0 Å². The normalized spacial score (nSPS) is 18.4. The molecule has 1 aromatic carbocycles. The number of aryl methyl sites for hydroxylation is 1. The number of hydrogen-bond donors (Lipinski definition) is 1. The van der Waals surface area contributed by atoms with Gasteiger partial charge in [-0.05, 0) is 43.4 Å². The van der Waals surface area contributed by atoms with E-state index < -0.39 is 0 Å². The third kappa shape index (κ3) is 3.75. The predicted molar refractivity (Wildman–Crippen MR) is 83.9 cm³/mol. The van der Waals surface area contributed by atoms with Crippen molar-refractivity contribution in [2.75, 3.05) is 11.4 Å². The van der Waals surface area contributed by atoms with E-state index >= 15 is 0 Å². The summed E-state index contributed by atoms with van der Waals surface area (Å²) in [7, 11) is 0. The molecule has 1 fully saturated rings. The lowest BCUT2D eigenvalue weighted by Gasteiger charge is -2.24. The van der Waals surface area contributed by atoms with Crippen molar-refractivity contribution in [1.82, 2.24) is 0 Å². The highest BCUT2D eigenvalue weighted by Crippen LogP contribution is 2.26. The first-order valence-electron chi connectivity index (χ1n) is 7.87. The number of carbonyl (C=O) groups excluding carboxylic acids is 1. The number of benzene rings is 1. The number of rotatable bonds is 7. The summed E-state index contributed by atoms with van der Waals surface area (Å²) >= 11 is 0. The van der Waals surface area contributed by atoms with E-state index in [0.29, 0.717) is 0 Å². The molecule has 0 bridgehead atoms. The lowest BCUT2D eigenvalue weighted by atomic mass is 10.1. The Hall–Kier alpha value is -1.51. The van der Waals surface area contributed by atoms with E-state index in [-0.39, 0.29) is 11.9 Å². The second-order valence-electron chi connectivity index (χ2n) is 5.73. The first kappa shape index (κ1) is 14.9. The zero-order valence-electron chi connectivity index (χ0n) is 12.5. The van der Waals surface area contributed by atoms with Crippen LogP contribution in [-0.4, -0.2) is 18.5 Å². The summed E-state index contributed by atoms with van der Waals surface area (Å²) in [5, 5.41) is 0. The van der Waals surface area contributed by atoms with Gasteiger partial charge in [-0.2, -0.15) is 0 Å². The van der Waals surface area contributed by atoms with Crippen LogP contribution in [0.15, 0.2) is 24.3 Å². The van der Waals surface area contributed by atoms with Crippen LogP contribution < -0.4 is 10.6 Å². The molecule has 0 radical (unpaired) electrons. The molecule has 1 heterocycles. The highest BCUT2D eigenvalue weighted by molar-refractivity contribution is 5.84. The van der Waals surface area contributed by atoms with E-state index in [1.165, 1.54) is 31.2 Å². The van der Waals surface area contributed by atoms with Gasteiger partial charge in [0.1, 0.15) is 6.04 Å². The molecule has 110 valence electrons. The van der Waals surface area contributed by atoms with E-state index in [1.807, 2.05) is 0 Å². The van der Waals surface area contributed by atoms with Crippen molar-refractivity contribution >= 4 is 11.6 Å². The molecule has 20 heavy (non-hydrogen) atoms. The lowest BCUT2D eigenvalue weighted by molar-refractivity contribution is -0.119. The number of anilines is 1. The minimum absolute atomic E-state index is 0.120. The van der Waals surface area contributed by atoms with Gasteiger partial charge in [-0.3, -0.25) is 4.79 Å². The Balaban J connectivity index is 1.92. The number of primary amides is 1. The standard InChI is InChI=1S/C17H26N2O/c1-2-3-4-5-7-14-9-11-15(12-10-14)19-13-6-8-16(19)17(18)20/h9-12,16H,2-8,13H2,1H3,(H2,18,20)/t16-/m0/s1. The molecule has 1 saturated heterocycles. The van der Waals surface area contributed by atoms with Crippen LogP contribution in [0.3, 0.4) is 0 Å².